The lowest BCUT2D eigenvalue weighted by Gasteiger charge is -1.99. The zero-order chi connectivity index (χ0) is 9.10. The maximum absolute atomic E-state index is 5.26. The first-order chi connectivity index (χ1) is 6.40. The molecule has 0 aliphatic carbocycles. The van der Waals surface area contributed by atoms with Crippen molar-refractivity contribution < 1.29 is 4.42 Å². The number of hydrogen-bond donors (Lipinski definition) is 1. The average Bonchev–Trinajstić information content (AvgIpc) is 2.61. The van der Waals surface area contributed by atoms with E-state index in [9.17, 15) is 0 Å². The topological polar surface area (TPSA) is 25.2 Å². The van der Waals surface area contributed by atoms with Crippen molar-refractivity contribution in [2.45, 2.75) is 6.42 Å². The largest absolute Gasteiger partial charge is 0.464 e. The van der Waals surface area contributed by atoms with Gasteiger partial charge in [-0.05, 0) is 43.8 Å². The van der Waals surface area contributed by atoms with Gasteiger partial charge in [-0.15, -0.1) is 0 Å². The van der Waals surface area contributed by atoms with Crippen LogP contribution in [0.15, 0.2) is 34.9 Å². The summed E-state index contributed by atoms with van der Waals surface area (Å²) in [5, 5.41) is 4.32. The quantitative estimate of drug-likeness (QED) is 0.773. The molecule has 2 nitrogen and oxygen atoms in total. The summed E-state index contributed by atoms with van der Waals surface area (Å²) >= 11 is 0. The van der Waals surface area contributed by atoms with E-state index in [1.54, 1.807) is 6.26 Å². The predicted octanol–water partition coefficient (Wildman–Crippen LogP) is 2.19. The molecule has 2 heteroatoms. The van der Waals surface area contributed by atoms with Crippen molar-refractivity contribution in [1.82, 2.24) is 5.32 Å². The van der Waals surface area contributed by atoms with E-state index in [-0.39, 0.29) is 0 Å². The van der Waals surface area contributed by atoms with E-state index >= 15 is 0 Å². The molecule has 0 aliphatic heterocycles. The molecule has 0 saturated heterocycles. The fourth-order valence-electron chi connectivity index (χ4n) is 1.44. The van der Waals surface area contributed by atoms with E-state index in [1.165, 1.54) is 10.9 Å². The lowest BCUT2D eigenvalue weighted by atomic mass is 10.1. The standard InChI is InChI=1S/C11H13NO/c1-12-6-4-9-2-3-11-10(8-9)5-7-13-11/h2-3,5,7-8,12H,4,6H2,1H3. The lowest BCUT2D eigenvalue weighted by Crippen LogP contribution is -2.09. The molecule has 68 valence electrons. The molecule has 1 aromatic heterocycles. The molecule has 2 rings (SSSR count). The fraction of sp³-hybridized carbons (Fsp3) is 0.273. The molecule has 0 fully saturated rings. The van der Waals surface area contributed by atoms with Crippen molar-refractivity contribution in [2.75, 3.05) is 13.6 Å². The van der Waals surface area contributed by atoms with Gasteiger partial charge in [0.25, 0.3) is 0 Å². The highest BCUT2D eigenvalue weighted by Crippen LogP contribution is 2.16. The summed E-state index contributed by atoms with van der Waals surface area (Å²) in [7, 11) is 1.97. The number of fused-ring (bicyclic) bond motifs is 1. The van der Waals surface area contributed by atoms with Gasteiger partial charge in [-0.2, -0.15) is 0 Å². The zero-order valence-electron chi connectivity index (χ0n) is 7.71. The van der Waals surface area contributed by atoms with Crippen molar-refractivity contribution in [3.63, 3.8) is 0 Å². The van der Waals surface area contributed by atoms with Gasteiger partial charge in [0, 0.05) is 5.39 Å². The maximum Gasteiger partial charge on any atom is 0.133 e. The molecule has 0 amide bonds. The van der Waals surface area contributed by atoms with Crippen LogP contribution in [0.5, 0.6) is 0 Å². The molecule has 1 aromatic carbocycles. The number of furan rings is 1. The Morgan fingerprint density at radius 3 is 3.08 bits per heavy atom. The minimum atomic E-state index is 0.966. The highest BCUT2D eigenvalue weighted by atomic mass is 16.3. The van der Waals surface area contributed by atoms with Gasteiger partial charge in [0.05, 0.1) is 6.26 Å². The molecule has 2 aromatic rings. The van der Waals surface area contributed by atoms with Crippen molar-refractivity contribution >= 4 is 11.0 Å². The Balaban J connectivity index is 2.26. The molecular weight excluding hydrogens is 162 g/mol. The van der Waals surface area contributed by atoms with Crippen LogP contribution in [0.3, 0.4) is 0 Å². The first-order valence-corrected chi connectivity index (χ1v) is 4.51. The third-order valence-electron chi connectivity index (χ3n) is 2.18. The first kappa shape index (κ1) is 8.32. The van der Waals surface area contributed by atoms with Crippen LogP contribution >= 0.6 is 0 Å². The van der Waals surface area contributed by atoms with Gasteiger partial charge in [0.15, 0.2) is 0 Å². The van der Waals surface area contributed by atoms with Gasteiger partial charge in [0.2, 0.25) is 0 Å². The average molecular weight is 175 g/mol. The number of rotatable bonds is 3. The van der Waals surface area contributed by atoms with Gasteiger partial charge in [-0.3, -0.25) is 0 Å². The van der Waals surface area contributed by atoms with Crippen LogP contribution in [0.2, 0.25) is 0 Å². The fourth-order valence-corrected chi connectivity index (χ4v) is 1.44. The minimum Gasteiger partial charge on any atom is -0.464 e. The van der Waals surface area contributed by atoms with Gasteiger partial charge in [-0.25, -0.2) is 0 Å². The highest BCUT2D eigenvalue weighted by molar-refractivity contribution is 5.77. The molecule has 0 atom stereocenters. The third-order valence-corrected chi connectivity index (χ3v) is 2.18. The van der Waals surface area contributed by atoms with E-state index in [0.29, 0.717) is 0 Å². The van der Waals surface area contributed by atoms with Crippen molar-refractivity contribution in [2.24, 2.45) is 0 Å². The van der Waals surface area contributed by atoms with E-state index < -0.39 is 0 Å². The van der Waals surface area contributed by atoms with Crippen molar-refractivity contribution in [1.29, 1.82) is 0 Å². The smallest absolute Gasteiger partial charge is 0.133 e. The van der Waals surface area contributed by atoms with Gasteiger partial charge >= 0.3 is 0 Å². The molecule has 13 heavy (non-hydrogen) atoms. The van der Waals surface area contributed by atoms with E-state index in [2.05, 4.69) is 17.4 Å². The van der Waals surface area contributed by atoms with Crippen LogP contribution in [-0.2, 0) is 6.42 Å². The number of nitrogens with one attached hydrogen (secondary N) is 1. The summed E-state index contributed by atoms with van der Waals surface area (Å²) in [5.41, 5.74) is 2.32. The van der Waals surface area contributed by atoms with E-state index in [0.717, 1.165) is 18.5 Å². The Bertz CT molecular complexity index is 392. The summed E-state index contributed by atoms with van der Waals surface area (Å²) in [6.07, 6.45) is 2.80. The van der Waals surface area contributed by atoms with Crippen LogP contribution in [0.25, 0.3) is 11.0 Å². The van der Waals surface area contributed by atoms with Gasteiger partial charge in [-0.1, -0.05) is 6.07 Å². The molecule has 1 N–H and O–H groups in total. The number of likely N-dealkylation sites (N-methyl/N-ethyl adjacent to an activating group) is 1. The molecule has 0 bridgehead atoms. The van der Waals surface area contributed by atoms with Crippen molar-refractivity contribution in [3.8, 4) is 0 Å². The molecule has 1 heterocycles. The Morgan fingerprint density at radius 1 is 1.31 bits per heavy atom. The Labute approximate surface area is 77.6 Å². The Morgan fingerprint density at radius 2 is 2.23 bits per heavy atom. The second kappa shape index (κ2) is 3.62. The second-order valence-electron chi connectivity index (χ2n) is 3.15. The minimum absolute atomic E-state index is 0.966. The van der Waals surface area contributed by atoms with Crippen LogP contribution in [0.4, 0.5) is 0 Å². The molecule has 0 spiro atoms. The molecule has 0 radical (unpaired) electrons. The van der Waals surface area contributed by atoms with Crippen LogP contribution in [0, 0.1) is 0 Å². The summed E-state index contributed by atoms with van der Waals surface area (Å²) < 4.78 is 5.26. The normalized spacial score (nSPS) is 10.8. The molecular formula is C11H13NO. The third kappa shape index (κ3) is 1.73. The summed E-state index contributed by atoms with van der Waals surface area (Å²) in [6.45, 7) is 1.02. The van der Waals surface area contributed by atoms with E-state index in [4.69, 9.17) is 4.42 Å². The monoisotopic (exact) mass is 175 g/mol. The Hall–Kier alpha value is -1.28. The second-order valence-corrected chi connectivity index (χ2v) is 3.15. The lowest BCUT2D eigenvalue weighted by molar-refractivity contribution is 0.615. The SMILES string of the molecule is CNCCc1ccc2occc2c1. The van der Waals surface area contributed by atoms with Crippen LogP contribution in [0.1, 0.15) is 5.56 Å². The van der Waals surface area contributed by atoms with Crippen LogP contribution in [-0.4, -0.2) is 13.6 Å². The number of hydrogen-bond acceptors (Lipinski definition) is 2. The van der Waals surface area contributed by atoms with Crippen LogP contribution < -0.4 is 5.32 Å². The maximum atomic E-state index is 5.26. The predicted molar refractivity (Wildman–Crippen MR) is 53.8 cm³/mol. The van der Waals surface area contributed by atoms with Gasteiger partial charge in [0.1, 0.15) is 5.58 Å². The Kier molecular flexibility index (Phi) is 2.32. The summed E-state index contributed by atoms with van der Waals surface area (Å²) in [5.74, 6) is 0. The zero-order valence-corrected chi connectivity index (χ0v) is 7.71. The summed E-state index contributed by atoms with van der Waals surface area (Å²) in [4.78, 5) is 0. The molecule has 0 aliphatic rings. The highest BCUT2D eigenvalue weighted by Gasteiger charge is 1.97. The van der Waals surface area contributed by atoms with Crippen molar-refractivity contribution in [3.05, 3.63) is 36.1 Å². The van der Waals surface area contributed by atoms with Gasteiger partial charge < -0.3 is 9.73 Å². The summed E-state index contributed by atoms with van der Waals surface area (Å²) in [6, 6.07) is 8.32. The molecule has 0 unspecified atom stereocenters. The first-order valence-electron chi connectivity index (χ1n) is 4.51. The van der Waals surface area contributed by atoms with E-state index in [1.807, 2.05) is 19.2 Å². The molecule has 0 saturated carbocycles. The number of benzene rings is 1.